The van der Waals surface area contributed by atoms with E-state index < -0.39 is 0 Å². The summed E-state index contributed by atoms with van der Waals surface area (Å²) in [6, 6.07) is 9.96. The first-order valence-electron chi connectivity index (χ1n) is 6.93. The Morgan fingerprint density at radius 1 is 1.10 bits per heavy atom. The second kappa shape index (κ2) is 8.64. The smallest absolute Gasteiger partial charge is 0.138 e. The van der Waals surface area contributed by atoms with Gasteiger partial charge in [-0.05, 0) is 46.2 Å². The van der Waals surface area contributed by atoms with Crippen LogP contribution in [0.3, 0.4) is 0 Å². The van der Waals surface area contributed by atoms with Crippen LogP contribution in [-0.4, -0.2) is 24.7 Å². The second-order valence-corrected chi connectivity index (χ2v) is 5.38. The van der Waals surface area contributed by atoms with E-state index >= 15 is 0 Å². The Balaban J connectivity index is 1.75. The molecular formula is C16H19BrN2O2. The number of hydrogen-bond donors (Lipinski definition) is 1. The monoisotopic (exact) mass is 350 g/mol. The highest BCUT2D eigenvalue weighted by Gasteiger charge is 1.99. The number of nitrogens with one attached hydrogen (secondary N) is 1. The summed E-state index contributed by atoms with van der Waals surface area (Å²) in [4.78, 5) is 4.04. The zero-order chi connectivity index (χ0) is 14.9. The summed E-state index contributed by atoms with van der Waals surface area (Å²) in [5, 5.41) is 3.29. The molecule has 0 saturated carbocycles. The molecule has 0 bridgehead atoms. The van der Waals surface area contributed by atoms with Crippen LogP contribution in [0.25, 0.3) is 0 Å². The molecule has 1 aromatic heterocycles. The predicted octanol–water partition coefficient (Wildman–Crippen LogP) is 3.41. The highest BCUT2D eigenvalue weighted by molar-refractivity contribution is 9.10. The average Bonchev–Trinajstić information content (AvgIpc) is 2.50. The van der Waals surface area contributed by atoms with Crippen molar-refractivity contribution >= 4 is 15.9 Å². The van der Waals surface area contributed by atoms with Gasteiger partial charge in [0, 0.05) is 17.2 Å². The summed E-state index contributed by atoms with van der Waals surface area (Å²) < 4.78 is 12.2. The number of ether oxygens (including phenoxy) is 2. The van der Waals surface area contributed by atoms with E-state index in [1.54, 1.807) is 12.4 Å². The van der Waals surface area contributed by atoms with Crippen LogP contribution in [-0.2, 0) is 6.54 Å². The fraction of sp³-hybridized carbons (Fsp3) is 0.312. The van der Waals surface area contributed by atoms with Gasteiger partial charge >= 0.3 is 0 Å². The van der Waals surface area contributed by atoms with Gasteiger partial charge in [-0.3, -0.25) is 4.98 Å². The molecule has 0 aliphatic heterocycles. The van der Waals surface area contributed by atoms with Gasteiger partial charge in [0.2, 0.25) is 0 Å². The normalized spacial score (nSPS) is 10.4. The summed E-state index contributed by atoms with van der Waals surface area (Å²) in [6.07, 6.45) is 3.40. The van der Waals surface area contributed by atoms with Crippen molar-refractivity contribution in [1.82, 2.24) is 10.3 Å². The molecule has 1 N–H and O–H groups in total. The highest BCUT2D eigenvalue weighted by Crippen LogP contribution is 2.16. The van der Waals surface area contributed by atoms with Crippen LogP contribution in [0, 0.1) is 0 Å². The maximum Gasteiger partial charge on any atom is 0.138 e. The Bertz CT molecular complexity index is 563. The first kappa shape index (κ1) is 15.8. The van der Waals surface area contributed by atoms with E-state index in [4.69, 9.17) is 9.47 Å². The number of nitrogens with zero attached hydrogens (tertiary/aromatic N) is 1. The molecule has 0 saturated heterocycles. The van der Waals surface area contributed by atoms with Crippen LogP contribution in [0.2, 0.25) is 0 Å². The van der Waals surface area contributed by atoms with Gasteiger partial charge in [-0.2, -0.15) is 0 Å². The minimum absolute atomic E-state index is 0.482. The largest absolute Gasteiger partial charge is 0.490 e. The van der Waals surface area contributed by atoms with Gasteiger partial charge in [-0.15, -0.1) is 0 Å². The van der Waals surface area contributed by atoms with Crippen molar-refractivity contribution in [3.8, 4) is 11.5 Å². The minimum atomic E-state index is 0.482. The molecule has 4 nitrogen and oxygen atoms in total. The summed E-state index contributed by atoms with van der Waals surface area (Å²) >= 11 is 3.36. The number of benzene rings is 1. The van der Waals surface area contributed by atoms with Gasteiger partial charge in [0.15, 0.2) is 0 Å². The molecule has 0 aliphatic rings. The Labute approximate surface area is 133 Å². The Morgan fingerprint density at radius 2 is 1.90 bits per heavy atom. The predicted molar refractivity (Wildman–Crippen MR) is 86.7 cm³/mol. The third-order valence-electron chi connectivity index (χ3n) is 2.78. The number of hydrogen-bond acceptors (Lipinski definition) is 4. The third-order valence-corrected chi connectivity index (χ3v) is 3.21. The third kappa shape index (κ3) is 5.73. The molecule has 112 valence electrons. The maximum atomic E-state index is 5.69. The summed E-state index contributed by atoms with van der Waals surface area (Å²) in [7, 11) is 0. The van der Waals surface area contributed by atoms with E-state index in [0.717, 1.165) is 29.1 Å². The number of aromatic nitrogens is 1. The van der Waals surface area contributed by atoms with E-state index in [1.807, 2.05) is 24.3 Å². The lowest BCUT2D eigenvalue weighted by atomic mass is 10.2. The van der Waals surface area contributed by atoms with Crippen molar-refractivity contribution in [2.45, 2.75) is 13.5 Å². The van der Waals surface area contributed by atoms with Gasteiger partial charge in [0.1, 0.15) is 24.7 Å². The lowest BCUT2D eigenvalue weighted by Gasteiger charge is -2.09. The molecule has 21 heavy (non-hydrogen) atoms. The number of pyridine rings is 1. The molecular weight excluding hydrogens is 332 g/mol. The quantitative estimate of drug-likeness (QED) is 0.741. The van der Waals surface area contributed by atoms with Gasteiger partial charge < -0.3 is 14.8 Å². The fourth-order valence-corrected chi connectivity index (χ4v) is 2.15. The van der Waals surface area contributed by atoms with Gasteiger partial charge in [-0.1, -0.05) is 19.1 Å². The molecule has 0 spiro atoms. The Kier molecular flexibility index (Phi) is 6.50. The topological polar surface area (TPSA) is 43.4 Å². The van der Waals surface area contributed by atoms with E-state index in [9.17, 15) is 0 Å². The molecule has 5 heteroatoms. The molecule has 0 amide bonds. The summed E-state index contributed by atoms with van der Waals surface area (Å²) in [6.45, 7) is 4.88. The number of halogens is 1. The molecule has 2 rings (SSSR count). The molecule has 2 aromatic rings. The Morgan fingerprint density at radius 3 is 2.67 bits per heavy atom. The van der Waals surface area contributed by atoms with E-state index in [-0.39, 0.29) is 0 Å². The minimum Gasteiger partial charge on any atom is -0.490 e. The van der Waals surface area contributed by atoms with Crippen molar-refractivity contribution in [1.29, 1.82) is 0 Å². The molecule has 0 fully saturated rings. The van der Waals surface area contributed by atoms with Gasteiger partial charge in [0.25, 0.3) is 0 Å². The van der Waals surface area contributed by atoms with Crippen molar-refractivity contribution in [2.24, 2.45) is 0 Å². The molecule has 1 heterocycles. The first-order chi connectivity index (χ1) is 10.3. The molecule has 0 aliphatic carbocycles. The van der Waals surface area contributed by atoms with Crippen molar-refractivity contribution in [2.75, 3.05) is 19.8 Å². The second-order valence-electron chi connectivity index (χ2n) is 4.46. The average molecular weight is 351 g/mol. The SMILES string of the molecule is CCNCc1cccc(OCCOc2cncc(Br)c2)c1. The number of rotatable bonds is 8. The zero-order valence-corrected chi connectivity index (χ0v) is 13.6. The molecule has 0 atom stereocenters. The molecule has 0 radical (unpaired) electrons. The van der Waals surface area contributed by atoms with Crippen LogP contribution in [0.4, 0.5) is 0 Å². The maximum absolute atomic E-state index is 5.69. The Hall–Kier alpha value is -1.59. The van der Waals surface area contributed by atoms with Crippen LogP contribution in [0.1, 0.15) is 12.5 Å². The standard InChI is InChI=1S/C16H19BrN2O2/c1-2-18-10-13-4-3-5-15(8-13)20-6-7-21-16-9-14(17)11-19-12-16/h3-5,8-9,11-12,18H,2,6-7,10H2,1H3. The van der Waals surface area contributed by atoms with Crippen molar-refractivity contribution < 1.29 is 9.47 Å². The highest BCUT2D eigenvalue weighted by atomic mass is 79.9. The zero-order valence-electron chi connectivity index (χ0n) is 12.0. The van der Waals surface area contributed by atoms with E-state index in [2.05, 4.69) is 39.2 Å². The van der Waals surface area contributed by atoms with Crippen molar-refractivity contribution in [3.63, 3.8) is 0 Å². The molecule has 1 aromatic carbocycles. The lowest BCUT2D eigenvalue weighted by molar-refractivity contribution is 0.216. The molecule has 0 unspecified atom stereocenters. The lowest BCUT2D eigenvalue weighted by Crippen LogP contribution is -2.12. The van der Waals surface area contributed by atoms with Crippen LogP contribution < -0.4 is 14.8 Å². The van der Waals surface area contributed by atoms with E-state index in [0.29, 0.717) is 13.2 Å². The fourth-order valence-electron chi connectivity index (χ4n) is 1.80. The van der Waals surface area contributed by atoms with Gasteiger partial charge in [-0.25, -0.2) is 0 Å². The van der Waals surface area contributed by atoms with Gasteiger partial charge in [0.05, 0.1) is 6.20 Å². The van der Waals surface area contributed by atoms with Crippen LogP contribution in [0.5, 0.6) is 11.5 Å². The van der Waals surface area contributed by atoms with E-state index in [1.165, 1.54) is 5.56 Å². The van der Waals surface area contributed by atoms with Crippen molar-refractivity contribution in [3.05, 3.63) is 52.8 Å². The first-order valence-corrected chi connectivity index (χ1v) is 7.73. The van der Waals surface area contributed by atoms with Crippen LogP contribution >= 0.6 is 15.9 Å². The van der Waals surface area contributed by atoms with Crippen LogP contribution in [0.15, 0.2) is 47.2 Å². The summed E-state index contributed by atoms with van der Waals surface area (Å²) in [5.41, 5.74) is 1.21. The summed E-state index contributed by atoms with van der Waals surface area (Å²) in [5.74, 6) is 1.59.